The second-order valence-electron chi connectivity index (χ2n) is 7.13. The van der Waals surface area contributed by atoms with Gasteiger partial charge in [0, 0.05) is 18.8 Å². The van der Waals surface area contributed by atoms with Crippen LogP contribution in [-0.4, -0.2) is 53.7 Å². The summed E-state index contributed by atoms with van der Waals surface area (Å²) in [7, 11) is 0. The van der Waals surface area contributed by atoms with Crippen LogP contribution in [0.2, 0.25) is 0 Å². The Balaban J connectivity index is 1.61. The topological polar surface area (TPSA) is 58.0 Å². The average Bonchev–Trinajstić information content (AvgIpc) is 3.25. The SMILES string of the molecule is CCOC(=O)c1ccc(NC(=S)N(CCN2CCCCC2)Cc2ccco2)cc1. The van der Waals surface area contributed by atoms with E-state index < -0.39 is 0 Å². The third-order valence-electron chi connectivity index (χ3n) is 5.00. The van der Waals surface area contributed by atoms with E-state index >= 15 is 0 Å². The Morgan fingerprint density at radius 1 is 1.21 bits per heavy atom. The number of ether oxygens (including phenoxy) is 1. The summed E-state index contributed by atoms with van der Waals surface area (Å²) >= 11 is 5.69. The number of hydrogen-bond acceptors (Lipinski definition) is 5. The van der Waals surface area contributed by atoms with Crippen LogP contribution < -0.4 is 5.32 Å². The van der Waals surface area contributed by atoms with Crippen molar-refractivity contribution in [3.63, 3.8) is 0 Å². The lowest BCUT2D eigenvalue weighted by Crippen LogP contribution is -2.41. The summed E-state index contributed by atoms with van der Waals surface area (Å²) in [6.07, 6.45) is 5.55. The van der Waals surface area contributed by atoms with Crippen molar-refractivity contribution in [2.24, 2.45) is 0 Å². The van der Waals surface area contributed by atoms with Crippen molar-refractivity contribution in [3.05, 3.63) is 54.0 Å². The largest absolute Gasteiger partial charge is 0.467 e. The highest BCUT2D eigenvalue weighted by Gasteiger charge is 2.16. The Bertz CT molecular complexity index is 771. The van der Waals surface area contributed by atoms with Crippen LogP contribution in [0.1, 0.15) is 42.3 Å². The minimum absolute atomic E-state index is 0.317. The minimum atomic E-state index is -0.317. The Morgan fingerprint density at radius 2 is 1.97 bits per heavy atom. The molecule has 1 aliphatic heterocycles. The molecule has 0 aliphatic carbocycles. The molecule has 6 nitrogen and oxygen atoms in total. The van der Waals surface area contributed by atoms with Gasteiger partial charge in [-0.2, -0.15) is 0 Å². The van der Waals surface area contributed by atoms with Crippen LogP contribution in [0.15, 0.2) is 47.1 Å². The zero-order valence-corrected chi connectivity index (χ0v) is 17.7. The van der Waals surface area contributed by atoms with Crippen molar-refractivity contribution >= 4 is 29.0 Å². The monoisotopic (exact) mass is 415 g/mol. The van der Waals surface area contributed by atoms with E-state index in [2.05, 4.69) is 15.1 Å². The number of hydrogen-bond donors (Lipinski definition) is 1. The summed E-state index contributed by atoms with van der Waals surface area (Å²) in [5.74, 6) is 0.563. The van der Waals surface area contributed by atoms with Crippen LogP contribution in [0.5, 0.6) is 0 Å². The van der Waals surface area contributed by atoms with E-state index in [1.54, 1.807) is 25.3 Å². The molecule has 1 aromatic carbocycles. The summed E-state index contributed by atoms with van der Waals surface area (Å²) in [5.41, 5.74) is 1.37. The molecular formula is C22H29N3O3S. The number of nitrogens with one attached hydrogen (secondary N) is 1. The fourth-order valence-corrected chi connectivity index (χ4v) is 3.67. The number of thiocarbonyl (C=S) groups is 1. The Kier molecular flexibility index (Phi) is 8.07. The highest BCUT2D eigenvalue weighted by Crippen LogP contribution is 2.14. The molecule has 0 radical (unpaired) electrons. The van der Waals surface area contributed by atoms with Crippen LogP contribution in [0, 0.1) is 0 Å². The highest BCUT2D eigenvalue weighted by molar-refractivity contribution is 7.80. The summed E-state index contributed by atoms with van der Waals surface area (Å²) in [6.45, 7) is 6.89. The smallest absolute Gasteiger partial charge is 0.338 e. The van der Waals surface area contributed by atoms with Gasteiger partial charge in [-0.3, -0.25) is 0 Å². The Hall–Kier alpha value is -2.38. The van der Waals surface area contributed by atoms with Gasteiger partial charge < -0.3 is 24.3 Å². The van der Waals surface area contributed by atoms with Gasteiger partial charge in [0.1, 0.15) is 5.76 Å². The van der Waals surface area contributed by atoms with Crippen LogP contribution in [-0.2, 0) is 11.3 Å². The molecule has 1 saturated heterocycles. The van der Waals surface area contributed by atoms with Crippen molar-refractivity contribution in [3.8, 4) is 0 Å². The molecule has 0 bridgehead atoms. The van der Waals surface area contributed by atoms with Gasteiger partial charge in [-0.25, -0.2) is 4.79 Å². The van der Waals surface area contributed by atoms with E-state index in [1.165, 1.54) is 19.3 Å². The van der Waals surface area contributed by atoms with Crippen LogP contribution >= 0.6 is 12.2 Å². The fourth-order valence-electron chi connectivity index (χ4n) is 3.39. The predicted molar refractivity (Wildman–Crippen MR) is 118 cm³/mol. The summed E-state index contributed by atoms with van der Waals surface area (Å²) in [6, 6.07) is 11.0. The van der Waals surface area contributed by atoms with E-state index in [1.807, 2.05) is 24.3 Å². The van der Waals surface area contributed by atoms with Crippen molar-refractivity contribution in [2.45, 2.75) is 32.7 Å². The average molecular weight is 416 g/mol. The molecule has 2 aromatic rings. The zero-order valence-electron chi connectivity index (χ0n) is 16.9. The first kappa shape index (κ1) is 21.3. The first-order valence-electron chi connectivity index (χ1n) is 10.2. The molecule has 0 atom stereocenters. The van der Waals surface area contributed by atoms with Gasteiger partial charge >= 0.3 is 5.97 Å². The lowest BCUT2D eigenvalue weighted by molar-refractivity contribution is 0.0526. The molecule has 0 saturated carbocycles. The van der Waals surface area contributed by atoms with Crippen LogP contribution in [0.4, 0.5) is 5.69 Å². The first-order chi connectivity index (χ1) is 14.2. The standard InChI is InChI=1S/C22H29N3O3S/c1-2-27-21(26)18-8-10-19(11-9-18)23-22(29)25(17-20-7-6-16-28-20)15-14-24-12-4-3-5-13-24/h6-11,16H,2-5,12-15,17H2,1H3,(H,23,29). The van der Waals surface area contributed by atoms with Crippen molar-refractivity contribution in [1.29, 1.82) is 0 Å². The molecule has 156 valence electrons. The number of carbonyl (C=O) groups excluding carboxylic acids is 1. The molecule has 1 aliphatic rings. The number of carbonyl (C=O) groups is 1. The molecule has 0 spiro atoms. The van der Waals surface area contributed by atoms with E-state index in [0.717, 1.165) is 37.6 Å². The van der Waals surface area contributed by atoms with Crippen molar-refractivity contribution in [1.82, 2.24) is 9.80 Å². The van der Waals surface area contributed by atoms with Crippen molar-refractivity contribution in [2.75, 3.05) is 38.1 Å². The number of benzene rings is 1. The maximum Gasteiger partial charge on any atom is 0.338 e. The molecule has 0 unspecified atom stereocenters. The number of anilines is 1. The summed E-state index contributed by atoms with van der Waals surface area (Å²) in [4.78, 5) is 16.4. The molecule has 0 amide bonds. The maximum absolute atomic E-state index is 11.8. The molecule has 7 heteroatoms. The third-order valence-corrected chi connectivity index (χ3v) is 5.36. The number of nitrogens with zero attached hydrogens (tertiary/aromatic N) is 2. The van der Waals surface area contributed by atoms with Gasteiger partial charge in [0.15, 0.2) is 5.11 Å². The number of likely N-dealkylation sites (tertiary alicyclic amines) is 1. The van der Waals surface area contributed by atoms with E-state index in [9.17, 15) is 4.79 Å². The van der Waals surface area contributed by atoms with Gasteiger partial charge in [0.05, 0.1) is 25.0 Å². The summed E-state index contributed by atoms with van der Waals surface area (Å²) < 4.78 is 10.6. The lowest BCUT2D eigenvalue weighted by atomic mass is 10.1. The molecule has 29 heavy (non-hydrogen) atoms. The minimum Gasteiger partial charge on any atom is -0.467 e. The first-order valence-corrected chi connectivity index (χ1v) is 10.6. The van der Waals surface area contributed by atoms with Crippen LogP contribution in [0.25, 0.3) is 0 Å². The number of piperidine rings is 1. The molecule has 1 N–H and O–H groups in total. The van der Waals surface area contributed by atoms with E-state index in [0.29, 0.717) is 23.8 Å². The highest BCUT2D eigenvalue weighted by atomic mass is 32.1. The quantitative estimate of drug-likeness (QED) is 0.514. The zero-order chi connectivity index (χ0) is 20.5. The third kappa shape index (κ3) is 6.58. The van der Waals surface area contributed by atoms with Gasteiger partial charge in [0.25, 0.3) is 0 Å². The Morgan fingerprint density at radius 3 is 2.62 bits per heavy atom. The van der Waals surface area contributed by atoms with Crippen LogP contribution in [0.3, 0.4) is 0 Å². The number of esters is 1. The van der Waals surface area contributed by atoms with E-state index in [-0.39, 0.29) is 5.97 Å². The second kappa shape index (κ2) is 11.0. The fraction of sp³-hybridized carbons (Fsp3) is 0.455. The summed E-state index contributed by atoms with van der Waals surface area (Å²) in [5, 5.41) is 3.93. The predicted octanol–water partition coefficient (Wildman–Crippen LogP) is 4.14. The van der Waals surface area contributed by atoms with Gasteiger partial charge in [0.2, 0.25) is 0 Å². The molecule has 1 fully saturated rings. The maximum atomic E-state index is 11.8. The Labute approximate surface area is 177 Å². The lowest BCUT2D eigenvalue weighted by Gasteiger charge is -2.31. The molecule has 2 heterocycles. The molecule has 3 rings (SSSR count). The molecular weight excluding hydrogens is 386 g/mol. The van der Waals surface area contributed by atoms with Crippen molar-refractivity contribution < 1.29 is 13.9 Å². The molecule has 1 aromatic heterocycles. The number of furan rings is 1. The second-order valence-corrected chi connectivity index (χ2v) is 7.52. The van der Waals surface area contributed by atoms with Gasteiger partial charge in [-0.15, -0.1) is 0 Å². The number of rotatable bonds is 8. The van der Waals surface area contributed by atoms with E-state index in [4.69, 9.17) is 21.4 Å². The van der Waals surface area contributed by atoms with Gasteiger partial charge in [-0.1, -0.05) is 6.42 Å². The normalized spacial score (nSPS) is 14.4. The van der Waals surface area contributed by atoms with Gasteiger partial charge in [-0.05, 0) is 81.5 Å².